The van der Waals surface area contributed by atoms with E-state index in [0.29, 0.717) is 27.5 Å². The minimum Gasteiger partial charge on any atom is -0.352 e. The summed E-state index contributed by atoms with van der Waals surface area (Å²) in [5, 5.41) is 7.63. The van der Waals surface area contributed by atoms with Crippen LogP contribution in [0.1, 0.15) is 20.3 Å². The summed E-state index contributed by atoms with van der Waals surface area (Å²) in [6, 6.07) is 17.5. The van der Waals surface area contributed by atoms with Crippen molar-refractivity contribution in [2.75, 3.05) is 10.6 Å². The lowest BCUT2D eigenvalue weighted by atomic mass is 10.1. The lowest BCUT2D eigenvalue weighted by Gasteiger charge is -2.15. The van der Waals surface area contributed by atoms with E-state index in [-0.39, 0.29) is 6.04 Å². The highest BCUT2D eigenvalue weighted by atomic mass is 35.5. The Morgan fingerprint density at radius 3 is 2.31 bits per heavy atom. The van der Waals surface area contributed by atoms with Gasteiger partial charge in [-0.05, 0) is 25.5 Å². The number of anilines is 3. The smallest absolute Gasteiger partial charge is 0.225 e. The zero-order valence-electron chi connectivity index (χ0n) is 14.6. The van der Waals surface area contributed by atoms with E-state index in [1.54, 1.807) is 18.2 Å². The summed E-state index contributed by atoms with van der Waals surface area (Å²) in [7, 11) is 0. The SMILES string of the molecule is CC[C@H](C)Nc1nc(Nc2c(Cl)cccc2Cl)cc(-c2ccccc2)n1. The summed E-state index contributed by atoms with van der Waals surface area (Å²) in [5.41, 5.74) is 2.45. The number of halogens is 2. The second-order valence-electron chi connectivity index (χ2n) is 6.00. The Hall–Kier alpha value is -2.30. The van der Waals surface area contributed by atoms with E-state index in [4.69, 9.17) is 23.2 Å². The van der Waals surface area contributed by atoms with Crippen molar-refractivity contribution in [2.45, 2.75) is 26.3 Å². The van der Waals surface area contributed by atoms with Gasteiger partial charge >= 0.3 is 0 Å². The second kappa shape index (κ2) is 8.39. The molecule has 3 aromatic rings. The van der Waals surface area contributed by atoms with Gasteiger partial charge in [-0.2, -0.15) is 4.98 Å². The number of nitrogens with zero attached hydrogens (tertiary/aromatic N) is 2. The molecule has 0 aliphatic heterocycles. The van der Waals surface area contributed by atoms with E-state index in [2.05, 4.69) is 34.4 Å². The Morgan fingerprint density at radius 1 is 0.962 bits per heavy atom. The number of para-hydroxylation sites is 1. The Balaban J connectivity index is 2.02. The lowest BCUT2D eigenvalue weighted by molar-refractivity contribution is 0.753. The lowest BCUT2D eigenvalue weighted by Crippen LogP contribution is -2.16. The normalized spacial score (nSPS) is 11.8. The molecule has 0 aliphatic rings. The predicted octanol–water partition coefficient (Wildman–Crippen LogP) is 6.40. The van der Waals surface area contributed by atoms with Gasteiger partial charge in [0.1, 0.15) is 5.82 Å². The molecule has 6 heteroatoms. The summed E-state index contributed by atoms with van der Waals surface area (Å²) in [6.07, 6.45) is 0.970. The molecule has 0 spiro atoms. The molecule has 0 saturated carbocycles. The summed E-state index contributed by atoms with van der Waals surface area (Å²) < 4.78 is 0. The largest absolute Gasteiger partial charge is 0.352 e. The van der Waals surface area contributed by atoms with Gasteiger partial charge < -0.3 is 10.6 Å². The van der Waals surface area contributed by atoms with E-state index in [9.17, 15) is 0 Å². The summed E-state index contributed by atoms with van der Waals surface area (Å²) in [6.45, 7) is 4.21. The van der Waals surface area contributed by atoms with Crippen LogP contribution in [0.4, 0.5) is 17.5 Å². The van der Waals surface area contributed by atoms with Gasteiger partial charge in [0.05, 0.1) is 21.4 Å². The van der Waals surface area contributed by atoms with Gasteiger partial charge in [-0.1, -0.05) is 66.5 Å². The second-order valence-corrected chi connectivity index (χ2v) is 6.82. The van der Waals surface area contributed by atoms with Crippen molar-refractivity contribution >= 4 is 40.7 Å². The average molecular weight is 387 g/mol. The molecule has 0 bridgehead atoms. The van der Waals surface area contributed by atoms with E-state index in [0.717, 1.165) is 17.7 Å². The van der Waals surface area contributed by atoms with Crippen LogP contribution in [0, 0.1) is 0 Å². The number of hydrogen-bond donors (Lipinski definition) is 2. The number of aromatic nitrogens is 2. The Morgan fingerprint density at radius 2 is 1.65 bits per heavy atom. The van der Waals surface area contributed by atoms with Gasteiger partial charge in [-0.25, -0.2) is 4.98 Å². The first kappa shape index (κ1) is 18.5. The van der Waals surface area contributed by atoms with E-state index < -0.39 is 0 Å². The highest BCUT2D eigenvalue weighted by molar-refractivity contribution is 6.39. The van der Waals surface area contributed by atoms with Gasteiger partial charge in [0, 0.05) is 17.7 Å². The van der Waals surface area contributed by atoms with Gasteiger partial charge in [-0.15, -0.1) is 0 Å². The van der Waals surface area contributed by atoms with Crippen LogP contribution in [0.2, 0.25) is 10.0 Å². The molecule has 26 heavy (non-hydrogen) atoms. The Kier molecular flexibility index (Phi) is 5.96. The fourth-order valence-corrected chi connectivity index (χ4v) is 2.89. The van der Waals surface area contributed by atoms with Crippen LogP contribution in [0.3, 0.4) is 0 Å². The molecule has 2 aromatic carbocycles. The third-order valence-electron chi connectivity index (χ3n) is 4.00. The van der Waals surface area contributed by atoms with Crippen molar-refractivity contribution in [1.29, 1.82) is 0 Å². The van der Waals surface area contributed by atoms with E-state index in [1.807, 2.05) is 36.4 Å². The molecular formula is C20H20Cl2N4. The molecule has 0 fully saturated rings. The van der Waals surface area contributed by atoms with Crippen molar-refractivity contribution in [1.82, 2.24) is 9.97 Å². The van der Waals surface area contributed by atoms with E-state index in [1.165, 1.54) is 0 Å². The quantitative estimate of drug-likeness (QED) is 0.514. The first-order valence-corrected chi connectivity index (χ1v) is 9.24. The molecule has 1 heterocycles. The van der Waals surface area contributed by atoms with Gasteiger partial charge in [-0.3, -0.25) is 0 Å². The first-order chi connectivity index (χ1) is 12.6. The molecule has 2 N–H and O–H groups in total. The number of rotatable bonds is 6. The highest BCUT2D eigenvalue weighted by Gasteiger charge is 2.11. The monoisotopic (exact) mass is 386 g/mol. The number of hydrogen-bond acceptors (Lipinski definition) is 4. The Labute approximate surface area is 163 Å². The minimum atomic E-state index is 0.262. The number of nitrogens with one attached hydrogen (secondary N) is 2. The van der Waals surface area contributed by atoms with Crippen LogP contribution in [-0.4, -0.2) is 16.0 Å². The minimum absolute atomic E-state index is 0.262. The molecule has 4 nitrogen and oxygen atoms in total. The standard InChI is InChI=1S/C20H20Cl2N4/c1-3-13(2)23-20-24-17(14-8-5-4-6-9-14)12-18(26-20)25-19-15(21)10-7-11-16(19)22/h4-13H,3H2,1-2H3,(H2,23,24,25,26)/t13-/m0/s1. The van der Waals surface area contributed by atoms with Crippen molar-refractivity contribution in [3.05, 3.63) is 64.6 Å². The third-order valence-corrected chi connectivity index (χ3v) is 4.63. The molecule has 0 amide bonds. The van der Waals surface area contributed by atoms with Crippen LogP contribution in [0.25, 0.3) is 11.3 Å². The van der Waals surface area contributed by atoms with Crippen LogP contribution < -0.4 is 10.6 Å². The fraction of sp³-hybridized carbons (Fsp3) is 0.200. The average Bonchev–Trinajstić information content (AvgIpc) is 2.65. The zero-order valence-corrected chi connectivity index (χ0v) is 16.1. The van der Waals surface area contributed by atoms with Gasteiger partial charge in [0.15, 0.2) is 0 Å². The molecular weight excluding hydrogens is 367 g/mol. The van der Waals surface area contributed by atoms with Crippen molar-refractivity contribution < 1.29 is 0 Å². The van der Waals surface area contributed by atoms with Crippen molar-refractivity contribution in [3.8, 4) is 11.3 Å². The maximum absolute atomic E-state index is 6.28. The summed E-state index contributed by atoms with van der Waals surface area (Å²) in [4.78, 5) is 9.22. The molecule has 0 unspecified atom stereocenters. The Bertz CT molecular complexity index is 864. The van der Waals surface area contributed by atoms with Crippen LogP contribution in [-0.2, 0) is 0 Å². The topological polar surface area (TPSA) is 49.8 Å². The maximum Gasteiger partial charge on any atom is 0.225 e. The van der Waals surface area contributed by atoms with Crippen LogP contribution in [0.15, 0.2) is 54.6 Å². The first-order valence-electron chi connectivity index (χ1n) is 8.49. The molecule has 1 aromatic heterocycles. The zero-order chi connectivity index (χ0) is 18.5. The van der Waals surface area contributed by atoms with E-state index >= 15 is 0 Å². The number of benzene rings is 2. The van der Waals surface area contributed by atoms with Crippen molar-refractivity contribution in [3.63, 3.8) is 0 Å². The molecule has 134 valence electrons. The molecule has 1 atom stereocenters. The van der Waals surface area contributed by atoms with Crippen LogP contribution >= 0.6 is 23.2 Å². The molecule has 0 saturated heterocycles. The molecule has 0 aliphatic carbocycles. The molecule has 0 radical (unpaired) electrons. The summed E-state index contributed by atoms with van der Waals surface area (Å²) >= 11 is 12.6. The predicted molar refractivity (Wildman–Crippen MR) is 111 cm³/mol. The van der Waals surface area contributed by atoms with Gasteiger partial charge in [0.2, 0.25) is 5.95 Å². The fourth-order valence-electron chi connectivity index (χ4n) is 2.40. The van der Waals surface area contributed by atoms with Crippen molar-refractivity contribution in [2.24, 2.45) is 0 Å². The highest BCUT2D eigenvalue weighted by Crippen LogP contribution is 2.33. The summed E-state index contributed by atoms with van der Waals surface area (Å²) in [5.74, 6) is 1.19. The van der Waals surface area contributed by atoms with Gasteiger partial charge in [0.25, 0.3) is 0 Å². The molecule has 3 rings (SSSR count). The maximum atomic E-state index is 6.28. The third kappa shape index (κ3) is 4.45. The van der Waals surface area contributed by atoms with Crippen LogP contribution in [0.5, 0.6) is 0 Å².